The van der Waals surface area contributed by atoms with Gasteiger partial charge in [-0.15, -0.1) is 0 Å². The van der Waals surface area contributed by atoms with Gasteiger partial charge in [-0.25, -0.2) is 0 Å². The molecule has 0 atom stereocenters. The van der Waals surface area contributed by atoms with E-state index in [2.05, 4.69) is 15.9 Å². The fraction of sp³-hybridized carbons (Fsp3) is 0. The zero-order valence-electron chi connectivity index (χ0n) is 8.73. The minimum atomic E-state index is -0.850. The van der Waals surface area contributed by atoms with Crippen LogP contribution in [0.3, 0.4) is 0 Å². The zero-order chi connectivity index (χ0) is 12.3. The normalized spacial score (nSPS) is 10.4. The first-order valence-corrected chi connectivity index (χ1v) is 7.84. The van der Waals surface area contributed by atoms with E-state index in [4.69, 9.17) is 5.11 Å². The molecule has 0 bridgehead atoms. The molecule has 2 aromatic rings. The Bertz CT molecular complexity index is 537. The average molecular weight is 404 g/mol. The number of aromatic carboxylic acids is 1. The van der Waals surface area contributed by atoms with Crippen molar-refractivity contribution in [3.8, 4) is 0 Å². The van der Waals surface area contributed by atoms with Crippen LogP contribution in [-0.2, 0) is 0 Å². The molecule has 0 aliphatic carbocycles. The topological polar surface area (TPSA) is 37.3 Å². The van der Waals surface area contributed by atoms with Crippen LogP contribution in [0.25, 0.3) is 0 Å². The molecule has 17 heavy (non-hydrogen) atoms. The molecule has 0 spiro atoms. The molecule has 1 N–H and O–H groups in total. The fourth-order valence-corrected chi connectivity index (χ4v) is 4.07. The second-order valence-electron chi connectivity index (χ2n) is 3.32. The maximum absolute atomic E-state index is 11.1. The zero-order valence-corrected chi connectivity index (χ0v) is 12.5. The summed E-state index contributed by atoms with van der Waals surface area (Å²) < 4.78 is 3.19. The third kappa shape index (κ3) is 3.29. The van der Waals surface area contributed by atoms with Crippen molar-refractivity contribution in [1.82, 2.24) is 0 Å². The second kappa shape index (κ2) is 5.64. The number of carboxylic acids is 1. The Balaban J connectivity index is 2.30. The van der Waals surface area contributed by atoms with E-state index in [1.165, 1.54) is 3.57 Å². The van der Waals surface area contributed by atoms with Crippen molar-refractivity contribution >= 4 is 21.9 Å². The van der Waals surface area contributed by atoms with E-state index >= 15 is 0 Å². The first kappa shape index (κ1) is 12.6. The van der Waals surface area contributed by atoms with E-state index in [1.807, 2.05) is 36.4 Å². The molecular formula is C13H9BrIO2-. The Labute approximate surface area is 118 Å². The summed E-state index contributed by atoms with van der Waals surface area (Å²) in [5.41, 5.74) is 0.420. The molecular weight excluding hydrogens is 395 g/mol. The van der Waals surface area contributed by atoms with Crippen molar-refractivity contribution in [2.24, 2.45) is 0 Å². The second-order valence-corrected chi connectivity index (χ2v) is 7.18. The number of hydrogen-bond acceptors (Lipinski definition) is 1. The Hall–Kier alpha value is -0.880. The van der Waals surface area contributed by atoms with Crippen molar-refractivity contribution in [3.05, 3.63) is 65.7 Å². The van der Waals surface area contributed by atoms with Crippen LogP contribution in [-0.4, -0.2) is 11.1 Å². The van der Waals surface area contributed by atoms with E-state index in [1.54, 1.807) is 12.1 Å². The molecule has 2 nitrogen and oxygen atoms in total. The molecule has 0 amide bonds. The molecule has 0 aromatic heterocycles. The molecule has 2 rings (SSSR count). The van der Waals surface area contributed by atoms with Crippen molar-refractivity contribution < 1.29 is 31.1 Å². The van der Waals surface area contributed by atoms with Crippen molar-refractivity contribution in [2.75, 3.05) is 0 Å². The van der Waals surface area contributed by atoms with Crippen LogP contribution in [0.1, 0.15) is 10.4 Å². The van der Waals surface area contributed by atoms with E-state index in [0.29, 0.717) is 5.56 Å². The van der Waals surface area contributed by atoms with Gasteiger partial charge in [0.15, 0.2) is 0 Å². The van der Waals surface area contributed by atoms with E-state index in [9.17, 15) is 4.79 Å². The number of carboxylic acid groups (broad SMARTS) is 1. The first-order valence-electron chi connectivity index (χ1n) is 4.89. The number of hydrogen-bond donors (Lipinski definition) is 1. The van der Waals surface area contributed by atoms with Crippen LogP contribution in [0.2, 0.25) is 0 Å². The summed E-state index contributed by atoms with van der Waals surface area (Å²) in [6.45, 7) is 0. The predicted molar refractivity (Wildman–Crippen MR) is 64.9 cm³/mol. The summed E-state index contributed by atoms with van der Waals surface area (Å²) >= 11 is 2.95. The maximum atomic E-state index is 11.1. The molecule has 0 saturated carbocycles. The molecule has 4 heteroatoms. The molecule has 0 radical (unpaired) electrons. The molecule has 0 unspecified atom stereocenters. The predicted octanol–water partition coefficient (Wildman–Crippen LogP) is 0.276. The Morgan fingerprint density at radius 3 is 2.35 bits per heavy atom. The Morgan fingerprint density at radius 1 is 1.06 bits per heavy atom. The quantitative estimate of drug-likeness (QED) is 0.747. The average Bonchev–Trinajstić information content (AvgIpc) is 2.32. The molecule has 0 saturated heterocycles. The van der Waals surface area contributed by atoms with Crippen molar-refractivity contribution in [1.29, 1.82) is 0 Å². The van der Waals surface area contributed by atoms with Gasteiger partial charge in [0, 0.05) is 0 Å². The van der Waals surface area contributed by atoms with E-state index in [-0.39, 0.29) is 0 Å². The van der Waals surface area contributed by atoms with Gasteiger partial charge in [0.25, 0.3) is 0 Å². The molecule has 88 valence electrons. The third-order valence-electron chi connectivity index (χ3n) is 2.12. The Morgan fingerprint density at radius 2 is 1.71 bits per heavy atom. The van der Waals surface area contributed by atoms with Crippen molar-refractivity contribution in [2.45, 2.75) is 0 Å². The van der Waals surface area contributed by atoms with Crippen LogP contribution in [0.5, 0.6) is 0 Å². The van der Waals surface area contributed by atoms with Crippen LogP contribution >= 0.6 is 15.9 Å². The SMILES string of the molecule is O=C(O)c1ccccc1[I-]c1ccc(Br)cc1. The van der Waals surface area contributed by atoms with Crippen LogP contribution in [0.4, 0.5) is 0 Å². The Kier molecular flexibility index (Phi) is 4.17. The molecule has 0 fully saturated rings. The summed E-state index contributed by atoms with van der Waals surface area (Å²) in [5, 5.41) is 9.10. The fourth-order valence-electron chi connectivity index (χ4n) is 1.33. The van der Waals surface area contributed by atoms with Gasteiger partial charge in [-0.05, 0) is 0 Å². The van der Waals surface area contributed by atoms with Gasteiger partial charge in [0.05, 0.1) is 0 Å². The van der Waals surface area contributed by atoms with E-state index < -0.39 is 27.2 Å². The summed E-state index contributed by atoms with van der Waals surface area (Å²) in [6, 6.07) is 15.3. The standard InChI is InChI=1S/C13H9BrIO2/c14-9-5-7-10(8-6-9)15-12-4-2-1-3-11(12)13(16)17/h1-8H,(H,16,17)/q-1. The van der Waals surface area contributed by atoms with Gasteiger partial charge < -0.3 is 0 Å². The molecule has 2 aromatic carbocycles. The first-order chi connectivity index (χ1) is 8.16. The van der Waals surface area contributed by atoms with Crippen LogP contribution in [0.15, 0.2) is 53.0 Å². The van der Waals surface area contributed by atoms with Gasteiger partial charge in [-0.2, -0.15) is 0 Å². The monoisotopic (exact) mass is 403 g/mol. The summed E-state index contributed by atoms with van der Waals surface area (Å²) in [6.07, 6.45) is 0. The number of carbonyl (C=O) groups is 1. The van der Waals surface area contributed by atoms with Crippen molar-refractivity contribution in [3.63, 3.8) is 0 Å². The summed E-state index contributed by atoms with van der Waals surface area (Å²) in [5.74, 6) is -0.850. The summed E-state index contributed by atoms with van der Waals surface area (Å²) in [7, 11) is 0. The number of rotatable bonds is 3. The third-order valence-corrected chi connectivity index (χ3v) is 5.51. The minimum absolute atomic E-state index is 0.420. The number of halogens is 2. The van der Waals surface area contributed by atoms with Gasteiger partial charge >= 0.3 is 119 Å². The van der Waals surface area contributed by atoms with Crippen LogP contribution in [0, 0.1) is 7.14 Å². The van der Waals surface area contributed by atoms with Gasteiger partial charge in [0.1, 0.15) is 0 Å². The number of benzene rings is 2. The summed E-state index contributed by atoms with van der Waals surface area (Å²) in [4.78, 5) is 11.1. The molecule has 0 aliphatic heterocycles. The molecule has 0 aliphatic rings. The van der Waals surface area contributed by atoms with Gasteiger partial charge in [-0.1, -0.05) is 0 Å². The molecule has 0 heterocycles. The van der Waals surface area contributed by atoms with Crippen LogP contribution < -0.4 is 21.2 Å². The van der Waals surface area contributed by atoms with Gasteiger partial charge in [0.2, 0.25) is 0 Å². The van der Waals surface area contributed by atoms with E-state index in [0.717, 1.165) is 8.04 Å². The van der Waals surface area contributed by atoms with Gasteiger partial charge in [-0.3, -0.25) is 0 Å².